The lowest BCUT2D eigenvalue weighted by Crippen LogP contribution is -2.35. The SMILES string of the molecule is O=C(O)c1cnc(Nc2cc(CN3CCOCC3)nc(Cl)n2)s1. The van der Waals surface area contributed by atoms with Crippen LogP contribution in [0, 0.1) is 0 Å². The molecule has 1 saturated heterocycles. The zero-order chi connectivity index (χ0) is 16.2. The lowest BCUT2D eigenvalue weighted by molar-refractivity contribution is 0.0336. The van der Waals surface area contributed by atoms with Crippen molar-refractivity contribution >= 4 is 39.9 Å². The van der Waals surface area contributed by atoms with Gasteiger partial charge in [0.25, 0.3) is 0 Å². The zero-order valence-corrected chi connectivity index (χ0v) is 13.6. The average Bonchev–Trinajstić information content (AvgIpc) is 2.96. The highest BCUT2D eigenvalue weighted by atomic mass is 35.5. The highest BCUT2D eigenvalue weighted by Crippen LogP contribution is 2.23. The van der Waals surface area contributed by atoms with E-state index in [0.29, 0.717) is 30.7 Å². The van der Waals surface area contributed by atoms with Crippen LogP contribution in [0.1, 0.15) is 15.4 Å². The van der Waals surface area contributed by atoms with E-state index < -0.39 is 5.97 Å². The monoisotopic (exact) mass is 355 g/mol. The minimum absolute atomic E-state index is 0.133. The summed E-state index contributed by atoms with van der Waals surface area (Å²) in [7, 11) is 0. The summed E-state index contributed by atoms with van der Waals surface area (Å²) in [5, 5.41) is 12.4. The number of rotatable bonds is 5. The molecular weight excluding hydrogens is 342 g/mol. The van der Waals surface area contributed by atoms with Gasteiger partial charge in [-0.05, 0) is 11.6 Å². The molecule has 0 radical (unpaired) electrons. The number of aromatic nitrogens is 3. The molecule has 0 amide bonds. The van der Waals surface area contributed by atoms with E-state index >= 15 is 0 Å². The van der Waals surface area contributed by atoms with Gasteiger partial charge in [-0.3, -0.25) is 4.90 Å². The molecule has 0 aliphatic carbocycles. The molecule has 0 atom stereocenters. The molecule has 1 aliphatic heterocycles. The predicted molar refractivity (Wildman–Crippen MR) is 85.5 cm³/mol. The Morgan fingerprint density at radius 1 is 1.43 bits per heavy atom. The number of morpholine rings is 1. The molecule has 10 heteroatoms. The van der Waals surface area contributed by atoms with E-state index in [0.717, 1.165) is 30.1 Å². The van der Waals surface area contributed by atoms with Gasteiger partial charge in [-0.1, -0.05) is 11.3 Å². The zero-order valence-electron chi connectivity index (χ0n) is 12.0. The molecule has 122 valence electrons. The quantitative estimate of drug-likeness (QED) is 0.784. The summed E-state index contributed by atoms with van der Waals surface area (Å²) in [6, 6.07) is 1.78. The van der Waals surface area contributed by atoms with Gasteiger partial charge in [-0.25, -0.2) is 19.7 Å². The van der Waals surface area contributed by atoms with Gasteiger partial charge in [0.15, 0.2) is 5.13 Å². The van der Waals surface area contributed by atoms with E-state index in [4.69, 9.17) is 21.4 Å². The van der Waals surface area contributed by atoms with E-state index in [-0.39, 0.29) is 10.2 Å². The Balaban J connectivity index is 1.72. The fourth-order valence-electron chi connectivity index (χ4n) is 2.14. The van der Waals surface area contributed by atoms with Crippen molar-refractivity contribution in [3.63, 3.8) is 0 Å². The number of carboxylic acid groups (broad SMARTS) is 1. The van der Waals surface area contributed by atoms with Crippen molar-refractivity contribution in [2.45, 2.75) is 6.54 Å². The van der Waals surface area contributed by atoms with Gasteiger partial charge in [0, 0.05) is 25.7 Å². The lowest BCUT2D eigenvalue weighted by Gasteiger charge is -2.26. The molecule has 3 rings (SSSR count). The van der Waals surface area contributed by atoms with E-state index in [1.165, 1.54) is 6.20 Å². The first-order chi connectivity index (χ1) is 11.1. The van der Waals surface area contributed by atoms with Gasteiger partial charge in [-0.15, -0.1) is 0 Å². The maximum absolute atomic E-state index is 10.9. The van der Waals surface area contributed by atoms with Crippen LogP contribution in [0.15, 0.2) is 12.3 Å². The van der Waals surface area contributed by atoms with Crippen LogP contribution >= 0.6 is 22.9 Å². The number of hydrogen-bond donors (Lipinski definition) is 2. The summed E-state index contributed by atoms with van der Waals surface area (Å²) in [5.74, 6) is -0.524. The normalized spacial score (nSPS) is 15.5. The number of nitrogens with zero attached hydrogens (tertiary/aromatic N) is 4. The summed E-state index contributed by atoms with van der Waals surface area (Å²) in [5.41, 5.74) is 0.782. The number of halogens is 1. The fraction of sp³-hybridized carbons (Fsp3) is 0.385. The van der Waals surface area contributed by atoms with Crippen molar-refractivity contribution < 1.29 is 14.6 Å². The number of nitrogens with one attached hydrogen (secondary N) is 1. The van der Waals surface area contributed by atoms with Crippen molar-refractivity contribution in [2.24, 2.45) is 0 Å². The van der Waals surface area contributed by atoms with Crippen LogP contribution in [0.25, 0.3) is 0 Å². The number of ether oxygens (including phenoxy) is 1. The molecule has 0 bridgehead atoms. The number of hydrogen-bond acceptors (Lipinski definition) is 8. The molecule has 1 fully saturated rings. The minimum Gasteiger partial charge on any atom is -0.477 e. The van der Waals surface area contributed by atoms with Crippen LogP contribution in [0.2, 0.25) is 5.28 Å². The van der Waals surface area contributed by atoms with E-state index in [1.54, 1.807) is 6.07 Å². The van der Waals surface area contributed by atoms with Gasteiger partial charge in [0.2, 0.25) is 5.28 Å². The topological polar surface area (TPSA) is 100 Å². The van der Waals surface area contributed by atoms with Gasteiger partial charge >= 0.3 is 5.97 Å². The van der Waals surface area contributed by atoms with E-state index in [2.05, 4.69) is 25.2 Å². The largest absolute Gasteiger partial charge is 0.477 e. The summed E-state index contributed by atoms with van der Waals surface area (Å²) in [6.07, 6.45) is 1.30. The van der Waals surface area contributed by atoms with Gasteiger partial charge < -0.3 is 15.2 Å². The van der Waals surface area contributed by atoms with Crippen LogP contribution in [-0.2, 0) is 11.3 Å². The first-order valence-electron chi connectivity index (χ1n) is 6.90. The molecule has 3 heterocycles. The standard InChI is InChI=1S/C13H14ClN5O3S/c14-12-16-8(7-19-1-3-22-4-2-19)5-10(17-12)18-13-15-6-9(23-13)11(20)21/h5-6H,1-4,7H2,(H,20,21)(H,15,16,17,18). The Kier molecular flexibility index (Phi) is 5.01. The van der Waals surface area contributed by atoms with E-state index in [1.807, 2.05) is 0 Å². The molecule has 2 N–H and O–H groups in total. The van der Waals surface area contributed by atoms with Crippen molar-refractivity contribution in [3.8, 4) is 0 Å². The Morgan fingerprint density at radius 2 is 2.22 bits per heavy atom. The molecule has 0 unspecified atom stereocenters. The third-order valence-corrected chi connectivity index (χ3v) is 4.26. The second-order valence-electron chi connectivity index (χ2n) is 4.86. The maximum atomic E-state index is 10.9. The van der Waals surface area contributed by atoms with E-state index in [9.17, 15) is 4.79 Å². The summed E-state index contributed by atoms with van der Waals surface area (Å²) < 4.78 is 5.32. The van der Waals surface area contributed by atoms with Crippen LogP contribution in [0.4, 0.5) is 10.9 Å². The van der Waals surface area contributed by atoms with Crippen LogP contribution in [0.5, 0.6) is 0 Å². The molecule has 2 aromatic heterocycles. The first kappa shape index (κ1) is 16.1. The fourth-order valence-corrected chi connectivity index (χ4v) is 3.00. The maximum Gasteiger partial charge on any atom is 0.347 e. The molecule has 2 aromatic rings. The molecule has 0 saturated carbocycles. The van der Waals surface area contributed by atoms with Gasteiger partial charge in [-0.2, -0.15) is 0 Å². The van der Waals surface area contributed by atoms with Gasteiger partial charge in [0.05, 0.1) is 25.1 Å². The molecule has 0 aromatic carbocycles. The Bertz CT molecular complexity index is 705. The molecule has 23 heavy (non-hydrogen) atoms. The van der Waals surface area contributed by atoms with Crippen molar-refractivity contribution in [1.82, 2.24) is 19.9 Å². The van der Waals surface area contributed by atoms with Crippen LogP contribution in [-0.4, -0.2) is 57.2 Å². The number of thiazole rings is 1. The van der Waals surface area contributed by atoms with Crippen molar-refractivity contribution in [2.75, 3.05) is 31.6 Å². The smallest absolute Gasteiger partial charge is 0.347 e. The summed E-state index contributed by atoms with van der Waals surface area (Å²) in [4.78, 5) is 25.6. The van der Waals surface area contributed by atoms with Crippen LogP contribution < -0.4 is 5.32 Å². The van der Waals surface area contributed by atoms with Gasteiger partial charge in [0.1, 0.15) is 10.7 Å². The third kappa shape index (κ3) is 4.35. The Labute approximate surface area is 141 Å². The van der Waals surface area contributed by atoms with Crippen molar-refractivity contribution in [1.29, 1.82) is 0 Å². The van der Waals surface area contributed by atoms with Crippen LogP contribution in [0.3, 0.4) is 0 Å². The Morgan fingerprint density at radius 3 is 2.91 bits per heavy atom. The molecule has 1 aliphatic rings. The second kappa shape index (κ2) is 7.18. The highest BCUT2D eigenvalue weighted by molar-refractivity contribution is 7.17. The second-order valence-corrected chi connectivity index (χ2v) is 6.23. The number of carboxylic acids is 1. The molecule has 8 nitrogen and oxygen atoms in total. The number of carbonyl (C=O) groups is 1. The first-order valence-corrected chi connectivity index (χ1v) is 8.09. The third-order valence-electron chi connectivity index (χ3n) is 3.19. The number of anilines is 2. The molecule has 0 spiro atoms. The Hall–Kier alpha value is -1.81. The minimum atomic E-state index is -1.01. The number of aromatic carboxylic acids is 1. The summed E-state index contributed by atoms with van der Waals surface area (Å²) in [6.45, 7) is 3.76. The summed E-state index contributed by atoms with van der Waals surface area (Å²) >= 11 is 7.00. The van der Waals surface area contributed by atoms with Crippen molar-refractivity contribution in [3.05, 3.63) is 28.1 Å². The average molecular weight is 356 g/mol. The highest BCUT2D eigenvalue weighted by Gasteiger charge is 2.14. The lowest BCUT2D eigenvalue weighted by atomic mass is 10.3. The molecular formula is C13H14ClN5O3S. The predicted octanol–water partition coefficient (Wildman–Crippen LogP) is 1.86.